The Bertz CT molecular complexity index is 442. The van der Waals surface area contributed by atoms with Crippen molar-refractivity contribution >= 4 is 11.9 Å². The molecule has 3 aliphatic rings. The summed E-state index contributed by atoms with van der Waals surface area (Å²) in [6.45, 7) is 6.04. The lowest BCUT2D eigenvalue weighted by Crippen LogP contribution is -2.37. The van der Waals surface area contributed by atoms with E-state index in [1.54, 1.807) is 0 Å². The first-order chi connectivity index (χ1) is 9.92. The Kier molecular flexibility index (Phi) is 3.72. The molecule has 0 spiro atoms. The molecule has 0 N–H and O–H groups in total. The van der Waals surface area contributed by atoms with E-state index in [9.17, 15) is 9.59 Å². The van der Waals surface area contributed by atoms with Crippen LogP contribution in [0.25, 0.3) is 0 Å². The van der Waals surface area contributed by atoms with Crippen molar-refractivity contribution in [3.05, 3.63) is 0 Å². The van der Waals surface area contributed by atoms with Crippen LogP contribution in [0.15, 0.2) is 0 Å². The van der Waals surface area contributed by atoms with Gasteiger partial charge in [-0.1, -0.05) is 6.92 Å². The number of carbonyl (C=O) groups excluding carboxylic acids is 2. The normalized spacial score (nSPS) is 36.8. The molecule has 5 atom stereocenters. The molecule has 118 valence electrons. The summed E-state index contributed by atoms with van der Waals surface area (Å²) >= 11 is 0. The molecule has 0 amide bonds. The minimum atomic E-state index is -0.561. The van der Waals surface area contributed by atoms with Crippen molar-refractivity contribution < 1.29 is 23.8 Å². The van der Waals surface area contributed by atoms with Gasteiger partial charge < -0.3 is 14.2 Å². The van der Waals surface area contributed by atoms with Crippen LogP contribution in [0.5, 0.6) is 0 Å². The average Bonchev–Trinajstić information content (AvgIpc) is 3.06. The highest BCUT2D eigenvalue weighted by atomic mass is 16.6. The minimum Gasteiger partial charge on any atom is -0.457 e. The molecule has 5 unspecified atom stereocenters. The molecule has 0 aromatic rings. The summed E-state index contributed by atoms with van der Waals surface area (Å²) in [5.41, 5.74) is -0.561. The van der Waals surface area contributed by atoms with Crippen molar-refractivity contribution in [2.45, 2.75) is 52.2 Å². The molecule has 1 heterocycles. The summed E-state index contributed by atoms with van der Waals surface area (Å²) in [6, 6.07) is 0. The number of hydrogen-bond donors (Lipinski definition) is 0. The van der Waals surface area contributed by atoms with E-state index >= 15 is 0 Å². The third-order valence-corrected chi connectivity index (χ3v) is 5.52. The highest BCUT2D eigenvalue weighted by Crippen LogP contribution is 2.54. The van der Waals surface area contributed by atoms with E-state index in [0.29, 0.717) is 24.2 Å². The lowest BCUT2D eigenvalue weighted by atomic mass is 9.88. The third-order valence-electron chi connectivity index (χ3n) is 5.52. The molecule has 1 saturated heterocycles. The summed E-state index contributed by atoms with van der Waals surface area (Å²) in [5, 5.41) is 0. The van der Waals surface area contributed by atoms with Crippen molar-refractivity contribution in [3.63, 3.8) is 0 Å². The molecule has 0 aromatic heterocycles. The van der Waals surface area contributed by atoms with Gasteiger partial charge in [0.05, 0.1) is 18.1 Å². The van der Waals surface area contributed by atoms with Gasteiger partial charge in [-0.3, -0.25) is 4.79 Å². The summed E-state index contributed by atoms with van der Waals surface area (Å²) in [6.07, 6.45) is 2.81. The number of esters is 2. The molecule has 1 aliphatic heterocycles. The second-order valence-corrected chi connectivity index (χ2v) is 7.22. The number of rotatable bonds is 5. The Morgan fingerprint density at radius 1 is 1.24 bits per heavy atom. The van der Waals surface area contributed by atoms with Crippen LogP contribution in [0.1, 0.15) is 40.0 Å². The van der Waals surface area contributed by atoms with Crippen LogP contribution in [0, 0.1) is 23.2 Å². The highest BCUT2D eigenvalue weighted by Gasteiger charge is 2.58. The number of hydrogen-bond acceptors (Lipinski definition) is 5. The second-order valence-electron chi connectivity index (χ2n) is 7.22. The van der Waals surface area contributed by atoms with Gasteiger partial charge in [-0.2, -0.15) is 0 Å². The maximum Gasteiger partial charge on any atom is 0.344 e. The molecule has 5 heteroatoms. The molecular formula is C16H24O5. The van der Waals surface area contributed by atoms with Gasteiger partial charge in [0.15, 0.2) is 6.61 Å². The fourth-order valence-electron chi connectivity index (χ4n) is 3.84. The maximum atomic E-state index is 11.9. The predicted molar refractivity (Wildman–Crippen MR) is 74.4 cm³/mol. The molecule has 2 aliphatic carbocycles. The molecule has 0 aromatic carbocycles. The van der Waals surface area contributed by atoms with Crippen LogP contribution in [0.2, 0.25) is 0 Å². The zero-order chi connectivity index (χ0) is 15.2. The Morgan fingerprint density at radius 3 is 2.71 bits per heavy atom. The van der Waals surface area contributed by atoms with E-state index in [0.717, 1.165) is 19.4 Å². The van der Waals surface area contributed by atoms with Gasteiger partial charge in [-0.15, -0.1) is 0 Å². The first-order valence-corrected chi connectivity index (χ1v) is 7.90. The summed E-state index contributed by atoms with van der Waals surface area (Å²) in [4.78, 5) is 23.8. The Morgan fingerprint density at radius 2 is 2.00 bits per heavy atom. The second kappa shape index (κ2) is 5.27. The molecule has 2 bridgehead atoms. The minimum absolute atomic E-state index is 0.0699. The van der Waals surface area contributed by atoms with Crippen LogP contribution in [0.3, 0.4) is 0 Å². The summed E-state index contributed by atoms with van der Waals surface area (Å²) in [5.74, 6) is 0.846. The fourth-order valence-corrected chi connectivity index (χ4v) is 3.84. The lowest BCUT2D eigenvalue weighted by molar-refractivity contribution is -0.171. The number of fused-ring (bicyclic) bond motifs is 1. The van der Waals surface area contributed by atoms with E-state index in [2.05, 4.69) is 0 Å². The number of carbonyl (C=O) groups is 2. The molecule has 2 saturated carbocycles. The Balaban J connectivity index is 1.48. The van der Waals surface area contributed by atoms with Crippen molar-refractivity contribution in [2.75, 3.05) is 13.2 Å². The Hall–Kier alpha value is -1.10. The third kappa shape index (κ3) is 2.56. The quantitative estimate of drug-likeness (QED) is 0.725. The van der Waals surface area contributed by atoms with E-state index in [4.69, 9.17) is 14.2 Å². The summed E-state index contributed by atoms with van der Waals surface area (Å²) < 4.78 is 16.4. The number of ether oxygens (including phenoxy) is 3. The highest BCUT2D eigenvalue weighted by molar-refractivity contribution is 5.79. The van der Waals surface area contributed by atoms with Gasteiger partial charge in [0.2, 0.25) is 0 Å². The van der Waals surface area contributed by atoms with Gasteiger partial charge >= 0.3 is 11.9 Å². The van der Waals surface area contributed by atoms with E-state index in [1.807, 2.05) is 20.8 Å². The standard InChI is InChI=1S/C16H24O5/c1-4-16(2,3)15(18)20-8-12(17)21-13-9-5-10-7-19-14(13)11(10)6-9/h9-11,13-14H,4-8H2,1-3H3. The zero-order valence-electron chi connectivity index (χ0n) is 13.0. The lowest BCUT2D eigenvalue weighted by Gasteiger charge is -2.26. The van der Waals surface area contributed by atoms with Crippen LogP contribution in [-0.2, 0) is 23.8 Å². The average molecular weight is 296 g/mol. The van der Waals surface area contributed by atoms with Crippen LogP contribution in [0.4, 0.5) is 0 Å². The van der Waals surface area contributed by atoms with E-state index in [1.165, 1.54) is 0 Å². The van der Waals surface area contributed by atoms with Gasteiger partial charge in [-0.25, -0.2) is 4.79 Å². The molecular weight excluding hydrogens is 272 g/mol. The van der Waals surface area contributed by atoms with Gasteiger partial charge in [-0.05, 0) is 50.9 Å². The smallest absolute Gasteiger partial charge is 0.344 e. The molecule has 0 radical (unpaired) electrons. The molecule has 5 nitrogen and oxygen atoms in total. The van der Waals surface area contributed by atoms with Crippen molar-refractivity contribution in [1.82, 2.24) is 0 Å². The van der Waals surface area contributed by atoms with Crippen molar-refractivity contribution in [2.24, 2.45) is 23.2 Å². The van der Waals surface area contributed by atoms with Crippen LogP contribution >= 0.6 is 0 Å². The first-order valence-electron chi connectivity index (χ1n) is 7.90. The van der Waals surface area contributed by atoms with Gasteiger partial charge in [0.1, 0.15) is 6.10 Å². The SMILES string of the molecule is CCC(C)(C)C(=O)OCC(=O)OC1C2CC3COC1C3C2. The van der Waals surface area contributed by atoms with Crippen LogP contribution in [-0.4, -0.2) is 37.4 Å². The summed E-state index contributed by atoms with van der Waals surface area (Å²) in [7, 11) is 0. The fraction of sp³-hybridized carbons (Fsp3) is 0.875. The Labute approximate surface area is 125 Å². The first kappa shape index (κ1) is 14.8. The monoisotopic (exact) mass is 296 g/mol. The predicted octanol–water partition coefficient (Wildman–Crippen LogP) is 1.93. The van der Waals surface area contributed by atoms with Crippen molar-refractivity contribution in [3.8, 4) is 0 Å². The van der Waals surface area contributed by atoms with E-state index in [-0.39, 0.29) is 24.8 Å². The topological polar surface area (TPSA) is 61.8 Å². The molecule has 3 rings (SSSR count). The van der Waals surface area contributed by atoms with Gasteiger partial charge in [0.25, 0.3) is 0 Å². The molecule has 3 fully saturated rings. The van der Waals surface area contributed by atoms with Crippen molar-refractivity contribution in [1.29, 1.82) is 0 Å². The van der Waals surface area contributed by atoms with E-state index < -0.39 is 11.4 Å². The maximum absolute atomic E-state index is 11.9. The van der Waals surface area contributed by atoms with Crippen LogP contribution < -0.4 is 0 Å². The zero-order valence-corrected chi connectivity index (χ0v) is 13.0. The molecule has 21 heavy (non-hydrogen) atoms. The largest absolute Gasteiger partial charge is 0.457 e. The van der Waals surface area contributed by atoms with Gasteiger partial charge in [0, 0.05) is 0 Å².